The van der Waals surface area contributed by atoms with Crippen LogP contribution < -0.4 is 10.6 Å². The number of nitrogens with two attached hydrogens (primary N) is 1. The van der Waals surface area contributed by atoms with Crippen LogP contribution in [0.5, 0.6) is 0 Å². The van der Waals surface area contributed by atoms with E-state index < -0.39 is 0 Å². The van der Waals surface area contributed by atoms with Crippen LogP contribution in [0.4, 0.5) is 5.95 Å². The van der Waals surface area contributed by atoms with E-state index in [1.807, 2.05) is 0 Å². The van der Waals surface area contributed by atoms with Gasteiger partial charge in [-0.2, -0.15) is 0 Å². The number of nitrogens with zero attached hydrogens (tertiary/aromatic N) is 3. The van der Waals surface area contributed by atoms with Gasteiger partial charge in [0.05, 0.1) is 5.69 Å². The largest absolute Gasteiger partial charge is 0.341 e. The van der Waals surface area contributed by atoms with Gasteiger partial charge in [-0.25, -0.2) is 4.98 Å². The van der Waals surface area contributed by atoms with Crippen molar-refractivity contribution in [2.24, 2.45) is 5.73 Å². The summed E-state index contributed by atoms with van der Waals surface area (Å²) in [5, 5.41) is 0. The van der Waals surface area contributed by atoms with Crippen molar-refractivity contribution >= 4 is 5.95 Å². The molecule has 90 valence electrons. The molecule has 0 aromatic carbocycles. The molecule has 2 rings (SSSR count). The number of piperidine rings is 1. The maximum absolute atomic E-state index is 6.01. The number of anilines is 1. The minimum atomic E-state index is 0.306. The predicted octanol–water partition coefficient (Wildman–Crippen LogP) is 1.53. The summed E-state index contributed by atoms with van der Waals surface area (Å²) in [6, 6.07) is 0.306. The molecule has 0 aliphatic carbocycles. The lowest BCUT2D eigenvalue weighted by molar-refractivity contribution is 0.491. The lowest BCUT2D eigenvalue weighted by Crippen LogP contribution is -2.43. The number of aryl methyl sites for hydroxylation is 2. The van der Waals surface area contributed by atoms with Gasteiger partial charge in [0.2, 0.25) is 5.95 Å². The lowest BCUT2D eigenvalue weighted by Gasteiger charge is -2.31. The Hall–Kier alpha value is -1.03. The van der Waals surface area contributed by atoms with Gasteiger partial charge in [-0.15, -0.1) is 0 Å². The van der Waals surface area contributed by atoms with Gasteiger partial charge < -0.3 is 15.2 Å². The van der Waals surface area contributed by atoms with E-state index in [9.17, 15) is 0 Å². The summed E-state index contributed by atoms with van der Waals surface area (Å²) in [6.45, 7) is 7.33. The zero-order valence-electron chi connectivity index (χ0n) is 10.3. The maximum atomic E-state index is 6.01. The van der Waals surface area contributed by atoms with E-state index >= 15 is 0 Å². The zero-order chi connectivity index (χ0) is 11.5. The number of hydrogen-bond donors (Lipinski definition) is 1. The van der Waals surface area contributed by atoms with E-state index in [2.05, 4.69) is 34.5 Å². The fourth-order valence-corrected chi connectivity index (χ4v) is 2.38. The molecule has 0 spiro atoms. The van der Waals surface area contributed by atoms with Crippen LogP contribution in [0, 0.1) is 6.92 Å². The van der Waals surface area contributed by atoms with E-state index in [1.54, 1.807) is 0 Å². The van der Waals surface area contributed by atoms with Gasteiger partial charge in [0.25, 0.3) is 0 Å². The number of rotatable bonds is 3. The Morgan fingerprint density at radius 3 is 3.06 bits per heavy atom. The molecule has 1 aliphatic heterocycles. The summed E-state index contributed by atoms with van der Waals surface area (Å²) < 4.78 is 2.26. The Morgan fingerprint density at radius 1 is 1.56 bits per heavy atom. The fourth-order valence-electron chi connectivity index (χ4n) is 2.38. The Bertz CT molecular complexity index is 345. The maximum Gasteiger partial charge on any atom is 0.205 e. The molecule has 16 heavy (non-hydrogen) atoms. The molecule has 1 fully saturated rings. The van der Waals surface area contributed by atoms with Gasteiger partial charge in [0.1, 0.15) is 0 Å². The SMILES string of the molecule is CCCn1cc(C)nc1N1CCC[C@@H](N)C1. The second-order valence-electron chi connectivity index (χ2n) is 4.72. The van der Waals surface area contributed by atoms with E-state index in [0.29, 0.717) is 6.04 Å². The highest BCUT2D eigenvalue weighted by Crippen LogP contribution is 2.19. The van der Waals surface area contributed by atoms with Crippen LogP contribution in [0.2, 0.25) is 0 Å². The van der Waals surface area contributed by atoms with E-state index in [4.69, 9.17) is 5.73 Å². The van der Waals surface area contributed by atoms with Crippen molar-refractivity contribution in [1.29, 1.82) is 0 Å². The molecule has 0 amide bonds. The predicted molar refractivity (Wildman–Crippen MR) is 66.7 cm³/mol. The van der Waals surface area contributed by atoms with Crippen LogP contribution in [0.25, 0.3) is 0 Å². The van der Waals surface area contributed by atoms with E-state index in [1.165, 1.54) is 6.42 Å². The molecule has 1 aromatic rings. The van der Waals surface area contributed by atoms with E-state index in [0.717, 1.165) is 44.1 Å². The molecule has 1 aliphatic rings. The van der Waals surface area contributed by atoms with Gasteiger partial charge in [-0.3, -0.25) is 0 Å². The molecular formula is C12H22N4. The molecule has 0 radical (unpaired) electrons. The first kappa shape index (κ1) is 11.5. The normalized spacial score (nSPS) is 21.4. The Kier molecular flexibility index (Phi) is 3.49. The van der Waals surface area contributed by atoms with Crippen molar-refractivity contribution in [3.8, 4) is 0 Å². The minimum absolute atomic E-state index is 0.306. The van der Waals surface area contributed by atoms with Crippen LogP contribution in [0.1, 0.15) is 31.9 Å². The Morgan fingerprint density at radius 2 is 2.38 bits per heavy atom. The first-order chi connectivity index (χ1) is 7.70. The summed E-state index contributed by atoms with van der Waals surface area (Å²) >= 11 is 0. The highest BCUT2D eigenvalue weighted by molar-refractivity contribution is 5.34. The van der Waals surface area contributed by atoms with E-state index in [-0.39, 0.29) is 0 Å². The van der Waals surface area contributed by atoms with Crippen molar-refractivity contribution in [3.05, 3.63) is 11.9 Å². The molecule has 0 bridgehead atoms. The van der Waals surface area contributed by atoms with Crippen molar-refractivity contribution in [2.75, 3.05) is 18.0 Å². The summed E-state index contributed by atoms with van der Waals surface area (Å²) in [4.78, 5) is 6.95. The van der Waals surface area contributed by atoms with Crippen molar-refractivity contribution in [1.82, 2.24) is 9.55 Å². The molecule has 2 heterocycles. The Labute approximate surface area is 97.4 Å². The Balaban J connectivity index is 2.17. The second kappa shape index (κ2) is 4.87. The first-order valence-corrected chi connectivity index (χ1v) is 6.25. The second-order valence-corrected chi connectivity index (χ2v) is 4.72. The van der Waals surface area contributed by atoms with Crippen LogP contribution >= 0.6 is 0 Å². The van der Waals surface area contributed by atoms with Crippen LogP contribution in [-0.4, -0.2) is 28.7 Å². The van der Waals surface area contributed by atoms with Gasteiger partial charge in [0, 0.05) is 31.9 Å². The standard InChI is InChI=1S/C12H22N4/c1-3-6-15-8-10(2)14-12(15)16-7-4-5-11(13)9-16/h8,11H,3-7,9,13H2,1-2H3/t11-/m1/s1. The average Bonchev–Trinajstić information content (AvgIpc) is 2.60. The molecule has 0 saturated carbocycles. The molecule has 2 N–H and O–H groups in total. The summed E-state index contributed by atoms with van der Waals surface area (Å²) in [5.74, 6) is 1.11. The molecule has 0 unspecified atom stereocenters. The summed E-state index contributed by atoms with van der Waals surface area (Å²) in [6.07, 6.45) is 5.60. The third-order valence-electron chi connectivity index (χ3n) is 3.08. The summed E-state index contributed by atoms with van der Waals surface area (Å²) in [7, 11) is 0. The van der Waals surface area contributed by atoms with Gasteiger partial charge >= 0.3 is 0 Å². The van der Waals surface area contributed by atoms with Crippen molar-refractivity contribution < 1.29 is 0 Å². The summed E-state index contributed by atoms with van der Waals surface area (Å²) in [5.41, 5.74) is 7.11. The zero-order valence-corrected chi connectivity index (χ0v) is 10.3. The molecule has 1 atom stereocenters. The monoisotopic (exact) mass is 222 g/mol. The molecule has 4 nitrogen and oxygen atoms in total. The number of aromatic nitrogens is 2. The lowest BCUT2D eigenvalue weighted by atomic mass is 10.1. The third kappa shape index (κ3) is 2.38. The number of imidazole rings is 1. The van der Waals surface area contributed by atoms with Gasteiger partial charge in [-0.05, 0) is 26.2 Å². The number of hydrogen-bond acceptors (Lipinski definition) is 3. The molecule has 1 saturated heterocycles. The van der Waals surface area contributed by atoms with Crippen LogP contribution in [0.15, 0.2) is 6.20 Å². The quantitative estimate of drug-likeness (QED) is 0.843. The van der Waals surface area contributed by atoms with Crippen LogP contribution in [-0.2, 0) is 6.54 Å². The van der Waals surface area contributed by atoms with Gasteiger partial charge in [0.15, 0.2) is 0 Å². The van der Waals surface area contributed by atoms with Crippen molar-refractivity contribution in [3.63, 3.8) is 0 Å². The third-order valence-corrected chi connectivity index (χ3v) is 3.08. The first-order valence-electron chi connectivity index (χ1n) is 6.25. The fraction of sp³-hybridized carbons (Fsp3) is 0.750. The van der Waals surface area contributed by atoms with Gasteiger partial charge in [-0.1, -0.05) is 6.92 Å². The van der Waals surface area contributed by atoms with Crippen molar-refractivity contribution in [2.45, 2.75) is 45.7 Å². The topological polar surface area (TPSA) is 47.1 Å². The highest BCUT2D eigenvalue weighted by atomic mass is 15.3. The molecule has 1 aromatic heterocycles. The molecular weight excluding hydrogens is 200 g/mol. The smallest absolute Gasteiger partial charge is 0.205 e. The minimum Gasteiger partial charge on any atom is -0.341 e. The molecule has 4 heteroatoms. The average molecular weight is 222 g/mol. The highest BCUT2D eigenvalue weighted by Gasteiger charge is 2.20. The van der Waals surface area contributed by atoms with Crippen LogP contribution in [0.3, 0.4) is 0 Å².